The van der Waals surface area contributed by atoms with Crippen molar-refractivity contribution >= 4 is 12.0 Å². The van der Waals surface area contributed by atoms with Crippen molar-refractivity contribution in [2.45, 2.75) is 27.2 Å². The molecule has 0 aromatic rings. The van der Waals surface area contributed by atoms with Crippen molar-refractivity contribution in [1.82, 2.24) is 10.2 Å². The summed E-state index contributed by atoms with van der Waals surface area (Å²) in [5.41, 5.74) is 0. The number of rotatable bonds is 7. The quantitative estimate of drug-likeness (QED) is 0.694. The highest BCUT2D eigenvalue weighted by molar-refractivity contribution is 5.77. The van der Waals surface area contributed by atoms with Crippen LogP contribution in [0.15, 0.2) is 0 Å². The molecule has 0 saturated carbocycles. The van der Waals surface area contributed by atoms with Crippen LogP contribution < -0.4 is 5.32 Å². The summed E-state index contributed by atoms with van der Waals surface area (Å²) >= 11 is 0. The van der Waals surface area contributed by atoms with Gasteiger partial charge in [-0.2, -0.15) is 0 Å². The normalized spacial score (nSPS) is 22.3. The van der Waals surface area contributed by atoms with Crippen LogP contribution in [0.2, 0.25) is 0 Å². The summed E-state index contributed by atoms with van der Waals surface area (Å²) in [6.07, 6.45) is 0.768. The fourth-order valence-corrected chi connectivity index (χ4v) is 2.25. The highest BCUT2D eigenvalue weighted by Crippen LogP contribution is 2.22. The molecule has 0 bridgehead atoms. The van der Waals surface area contributed by atoms with Gasteiger partial charge in [-0.1, -0.05) is 20.8 Å². The van der Waals surface area contributed by atoms with E-state index in [1.807, 2.05) is 6.92 Å². The third-order valence-electron chi connectivity index (χ3n) is 3.41. The summed E-state index contributed by atoms with van der Waals surface area (Å²) in [6, 6.07) is -0.176. The van der Waals surface area contributed by atoms with Gasteiger partial charge in [0.05, 0.1) is 5.92 Å². The van der Waals surface area contributed by atoms with E-state index in [0.717, 1.165) is 13.0 Å². The van der Waals surface area contributed by atoms with Gasteiger partial charge in [-0.3, -0.25) is 4.79 Å². The average Bonchev–Trinajstić information content (AvgIpc) is 2.75. The number of amides is 2. The van der Waals surface area contributed by atoms with Gasteiger partial charge in [-0.25, -0.2) is 4.79 Å². The van der Waals surface area contributed by atoms with Crippen LogP contribution in [-0.2, 0) is 9.53 Å². The molecule has 1 saturated heterocycles. The number of carboxylic acids is 1. The molecular weight excluding hydrogens is 260 g/mol. The second kappa shape index (κ2) is 8.09. The Kier molecular flexibility index (Phi) is 6.78. The Morgan fingerprint density at radius 2 is 2.10 bits per heavy atom. The number of ether oxygens (including phenoxy) is 1. The number of hydrogen-bond donors (Lipinski definition) is 2. The molecule has 0 aromatic carbocycles. The van der Waals surface area contributed by atoms with E-state index in [0.29, 0.717) is 32.2 Å². The van der Waals surface area contributed by atoms with E-state index in [-0.39, 0.29) is 11.9 Å². The molecule has 6 nitrogen and oxygen atoms in total. The predicted octanol–water partition coefficient (Wildman–Crippen LogP) is 1.41. The van der Waals surface area contributed by atoms with E-state index in [9.17, 15) is 9.59 Å². The monoisotopic (exact) mass is 286 g/mol. The number of urea groups is 1. The smallest absolute Gasteiger partial charge is 0.317 e. The van der Waals surface area contributed by atoms with E-state index in [1.165, 1.54) is 0 Å². The van der Waals surface area contributed by atoms with Crippen LogP contribution in [0.4, 0.5) is 4.79 Å². The number of nitrogens with one attached hydrogen (secondary N) is 1. The first-order valence-electron chi connectivity index (χ1n) is 7.25. The molecule has 2 atom stereocenters. The Morgan fingerprint density at radius 1 is 1.40 bits per heavy atom. The number of carboxylic acid groups (broad SMARTS) is 1. The summed E-state index contributed by atoms with van der Waals surface area (Å²) in [4.78, 5) is 24.5. The Hall–Kier alpha value is -1.30. The average molecular weight is 286 g/mol. The molecular formula is C14H26N2O4. The van der Waals surface area contributed by atoms with Gasteiger partial charge in [-0.05, 0) is 18.3 Å². The van der Waals surface area contributed by atoms with Crippen molar-refractivity contribution in [3.05, 3.63) is 0 Å². The third kappa shape index (κ3) is 5.36. The van der Waals surface area contributed by atoms with Gasteiger partial charge in [-0.15, -0.1) is 0 Å². The standard InChI is InChI=1S/C14H26N2O4/c1-10(2)9-20-6-4-5-15-14(19)16-7-11(3)12(8-16)13(17)18/h10-12H,4-9H2,1-3H3,(H,15,19)(H,17,18). The van der Waals surface area contributed by atoms with Gasteiger partial charge in [0.25, 0.3) is 0 Å². The van der Waals surface area contributed by atoms with Crippen molar-refractivity contribution in [2.24, 2.45) is 17.8 Å². The van der Waals surface area contributed by atoms with Crippen LogP contribution in [0.3, 0.4) is 0 Å². The van der Waals surface area contributed by atoms with Crippen molar-refractivity contribution < 1.29 is 19.4 Å². The fourth-order valence-electron chi connectivity index (χ4n) is 2.25. The zero-order valence-corrected chi connectivity index (χ0v) is 12.6. The fraction of sp³-hybridized carbons (Fsp3) is 0.857. The van der Waals surface area contributed by atoms with Crippen molar-refractivity contribution in [3.8, 4) is 0 Å². The predicted molar refractivity (Wildman–Crippen MR) is 75.5 cm³/mol. The van der Waals surface area contributed by atoms with Gasteiger partial charge in [0.1, 0.15) is 0 Å². The maximum atomic E-state index is 11.9. The molecule has 2 unspecified atom stereocenters. The van der Waals surface area contributed by atoms with Gasteiger partial charge < -0.3 is 20.1 Å². The molecule has 1 heterocycles. The molecule has 0 aromatic heterocycles. The van der Waals surface area contributed by atoms with Crippen molar-refractivity contribution in [3.63, 3.8) is 0 Å². The number of likely N-dealkylation sites (tertiary alicyclic amines) is 1. The van der Waals surface area contributed by atoms with Crippen LogP contribution in [0.1, 0.15) is 27.2 Å². The topological polar surface area (TPSA) is 78.9 Å². The Morgan fingerprint density at radius 3 is 2.65 bits per heavy atom. The van der Waals surface area contributed by atoms with Crippen LogP contribution in [0.5, 0.6) is 0 Å². The van der Waals surface area contributed by atoms with E-state index < -0.39 is 11.9 Å². The maximum absolute atomic E-state index is 11.9. The summed E-state index contributed by atoms with van der Waals surface area (Å²) in [5, 5.41) is 11.8. The molecule has 1 fully saturated rings. The lowest BCUT2D eigenvalue weighted by Gasteiger charge is -2.16. The van der Waals surface area contributed by atoms with E-state index in [4.69, 9.17) is 9.84 Å². The molecule has 2 amide bonds. The first-order valence-corrected chi connectivity index (χ1v) is 7.25. The number of carbonyl (C=O) groups excluding carboxylic acids is 1. The largest absolute Gasteiger partial charge is 0.481 e. The number of hydrogen-bond acceptors (Lipinski definition) is 3. The number of carbonyl (C=O) groups is 2. The van der Waals surface area contributed by atoms with Crippen molar-refractivity contribution in [1.29, 1.82) is 0 Å². The Bertz CT molecular complexity index is 333. The lowest BCUT2D eigenvalue weighted by atomic mass is 9.99. The SMILES string of the molecule is CC(C)COCCCNC(=O)N1CC(C)C(C(=O)O)C1. The molecule has 1 rings (SSSR count). The maximum Gasteiger partial charge on any atom is 0.317 e. The zero-order valence-electron chi connectivity index (χ0n) is 12.6. The summed E-state index contributed by atoms with van der Waals surface area (Å²) in [6.45, 7) is 8.78. The summed E-state index contributed by atoms with van der Waals surface area (Å²) in [7, 11) is 0. The van der Waals surface area contributed by atoms with E-state index in [1.54, 1.807) is 4.90 Å². The molecule has 0 aliphatic carbocycles. The molecule has 1 aliphatic heterocycles. The van der Waals surface area contributed by atoms with Crippen LogP contribution in [0, 0.1) is 17.8 Å². The third-order valence-corrected chi connectivity index (χ3v) is 3.41. The lowest BCUT2D eigenvalue weighted by Crippen LogP contribution is -2.39. The highest BCUT2D eigenvalue weighted by Gasteiger charge is 2.36. The Balaban J connectivity index is 2.16. The molecule has 2 N–H and O–H groups in total. The second-order valence-corrected chi connectivity index (χ2v) is 5.88. The van der Waals surface area contributed by atoms with Gasteiger partial charge >= 0.3 is 12.0 Å². The minimum atomic E-state index is -0.824. The van der Waals surface area contributed by atoms with E-state index in [2.05, 4.69) is 19.2 Å². The molecule has 116 valence electrons. The number of aliphatic carboxylic acids is 1. The van der Waals surface area contributed by atoms with Crippen molar-refractivity contribution in [2.75, 3.05) is 32.8 Å². The molecule has 20 heavy (non-hydrogen) atoms. The number of nitrogens with zero attached hydrogens (tertiary/aromatic N) is 1. The minimum Gasteiger partial charge on any atom is -0.481 e. The van der Waals surface area contributed by atoms with Crippen LogP contribution in [0.25, 0.3) is 0 Å². The van der Waals surface area contributed by atoms with Crippen LogP contribution in [-0.4, -0.2) is 54.9 Å². The van der Waals surface area contributed by atoms with Crippen LogP contribution >= 0.6 is 0 Å². The molecule has 6 heteroatoms. The molecule has 1 aliphatic rings. The first-order chi connectivity index (χ1) is 9.41. The Labute approximate surface area is 120 Å². The van der Waals surface area contributed by atoms with E-state index >= 15 is 0 Å². The zero-order chi connectivity index (χ0) is 15.1. The van der Waals surface area contributed by atoms with Gasteiger partial charge in [0.15, 0.2) is 0 Å². The van der Waals surface area contributed by atoms with Gasteiger partial charge in [0, 0.05) is 32.8 Å². The first kappa shape index (κ1) is 16.8. The summed E-state index contributed by atoms with van der Waals surface area (Å²) < 4.78 is 5.43. The highest BCUT2D eigenvalue weighted by atomic mass is 16.5. The second-order valence-electron chi connectivity index (χ2n) is 5.88. The van der Waals surface area contributed by atoms with Gasteiger partial charge in [0.2, 0.25) is 0 Å². The molecule has 0 spiro atoms. The summed E-state index contributed by atoms with van der Waals surface area (Å²) in [5.74, 6) is -0.749. The minimum absolute atomic E-state index is 0.00706. The lowest BCUT2D eigenvalue weighted by molar-refractivity contribution is -0.142. The molecule has 0 radical (unpaired) electrons.